The van der Waals surface area contributed by atoms with Crippen molar-refractivity contribution in [1.82, 2.24) is 14.3 Å². The molecular weight excluding hydrogens is 472 g/mol. The van der Waals surface area contributed by atoms with Crippen LogP contribution in [0.3, 0.4) is 0 Å². The Labute approximate surface area is 212 Å². The van der Waals surface area contributed by atoms with E-state index in [4.69, 9.17) is 9.47 Å². The van der Waals surface area contributed by atoms with Crippen molar-refractivity contribution in [2.45, 2.75) is 6.92 Å². The molecule has 2 N–H and O–H groups in total. The van der Waals surface area contributed by atoms with Gasteiger partial charge in [0.2, 0.25) is 0 Å². The van der Waals surface area contributed by atoms with Crippen molar-refractivity contribution in [3.8, 4) is 28.7 Å². The minimum absolute atomic E-state index is 0.00948. The summed E-state index contributed by atoms with van der Waals surface area (Å²) < 4.78 is 14.3. The predicted molar refractivity (Wildman–Crippen MR) is 140 cm³/mol. The van der Waals surface area contributed by atoms with Gasteiger partial charge in [-0.15, -0.1) is 0 Å². The van der Waals surface area contributed by atoms with Crippen LogP contribution in [0.15, 0.2) is 83.8 Å². The molecule has 0 aliphatic carbocycles. The van der Waals surface area contributed by atoms with Crippen LogP contribution in [0.25, 0.3) is 16.6 Å². The van der Waals surface area contributed by atoms with Crippen molar-refractivity contribution in [3.05, 3.63) is 101 Å². The van der Waals surface area contributed by atoms with Gasteiger partial charge in [-0.3, -0.25) is 19.3 Å². The number of fused-ring (bicyclic) bond motifs is 1. The third-order valence-corrected chi connectivity index (χ3v) is 6.14. The quantitative estimate of drug-likeness (QED) is 0.327. The molecular formula is C28H24N4O5. The van der Waals surface area contributed by atoms with E-state index in [0.717, 1.165) is 5.39 Å². The summed E-state index contributed by atoms with van der Waals surface area (Å²) in [5.41, 5.74) is 1.52. The van der Waals surface area contributed by atoms with Crippen molar-refractivity contribution >= 4 is 22.5 Å². The summed E-state index contributed by atoms with van der Waals surface area (Å²) in [6, 6.07) is 20.8. The highest BCUT2D eigenvalue weighted by Crippen LogP contribution is 2.34. The number of benzene rings is 3. The maximum absolute atomic E-state index is 13.1. The molecule has 0 radical (unpaired) electrons. The van der Waals surface area contributed by atoms with E-state index < -0.39 is 11.5 Å². The van der Waals surface area contributed by atoms with Crippen LogP contribution in [-0.2, 0) is 7.05 Å². The summed E-state index contributed by atoms with van der Waals surface area (Å²) in [6.45, 7) is 1.70. The molecule has 9 heteroatoms. The van der Waals surface area contributed by atoms with Crippen LogP contribution in [0.2, 0.25) is 0 Å². The van der Waals surface area contributed by atoms with Crippen LogP contribution < -0.4 is 20.3 Å². The van der Waals surface area contributed by atoms with Gasteiger partial charge >= 0.3 is 0 Å². The average Bonchev–Trinajstić information content (AvgIpc) is 3.13. The molecule has 0 bridgehead atoms. The number of hydrogen-bond donors (Lipinski definition) is 2. The van der Waals surface area contributed by atoms with Crippen molar-refractivity contribution in [3.63, 3.8) is 0 Å². The first kappa shape index (κ1) is 23.7. The molecule has 9 nitrogen and oxygen atoms in total. The molecule has 0 saturated heterocycles. The first-order valence-corrected chi connectivity index (χ1v) is 11.5. The molecule has 0 spiro atoms. The zero-order chi connectivity index (χ0) is 26.1. The minimum atomic E-state index is -0.620. The molecule has 3 aromatic carbocycles. The van der Waals surface area contributed by atoms with Crippen molar-refractivity contribution < 1.29 is 19.4 Å². The molecule has 0 fully saturated rings. The number of pyridine rings is 1. The Morgan fingerprint density at radius 3 is 2.49 bits per heavy atom. The maximum Gasteiger partial charge on any atom is 0.284 e. The van der Waals surface area contributed by atoms with Gasteiger partial charge in [-0.1, -0.05) is 18.2 Å². The van der Waals surface area contributed by atoms with Gasteiger partial charge in [0.15, 0.2) is 0 Å². The summed E-state index contributed by atoms with van der Waals surface area (Å²) in [5, 5.41) is 14.0. The second kappa shape index (κ2) is 9.54. The Hall–Kier alpha value is -5.05. The fourth-order valence-corrected chi connectivity index (χ4v) is 4.14. The second-order valence-corrected chi connectivity index (χ2v) is 8.36. The van der Waals surface area contributed by atoms with Crippen LogP contribution in [-0.4, -0.2) is 32.5 Å². The lowest BCUT2D eigenvalue weighted by Gasteiger charge is -2.12. The monoisotopic (exact) mass is 496 g/mol. The van der Waals surface area contributed by atoms with Crippen LogP contribution in [0.5, 0.6) is 23.0 Å². The van der Waals surface area contributed by atoms with Crippen LogP contribution in [0.1, 0.15) is 16.1 Å². The van der Waals surface area contributed by atoms with E-state index in [1.807, 2.05) is 30.3 Å². The Morgan fingerprint density at radius 1 is 1.00 bits per heavy atom. The number of phenols is 1. The van der Waals surface area contributed by atoms with Gasteiger partial charge in [-0.2, -0.15) is 0 Å². The van der Waals surface area contributed by atoms with E-state index in [-0.39, 0.29) is 17.0 Å². The van der Waals surface area contributed by atoms with Gasteiger partial charge in [-0.05, 0) is 49.4 Å². The highest BCUT2D eigenvalue weighted by Gasteiger charge is 2.23. The van der Waals surface area contributed by atoms with Gasteiger partial charge in [-0.25, -0.2) is 4.68 Å². The highest BCUT2D eigenvalue weighted by atomic mass is 16.5. The third kappa shape index (κ3) is 4.38. The smallest absolute Gasteiger partial charge is 0.284 e. The summed E-state index contributed by atoms with van der Waals surface area (Å²) >= 11 is 0. The van der Waals surface area contributed by atoms with E-state index in [1.165, 1.54) is 16.8 Å². The Balaban J connectivity index is 1.40. The molecule has 0 atom stereocenters. The zero-order valence-electron chi connectivity index (χ0n) is 20.4. The number of aromatic hydroxyl groups is 1. The first-order chi connectivity index (χ1) is 17.9. The number of carbonyl (C=O) groups is 1. The van der Waals surface area contributed by atoms with Crippen molar-refractivity contribution in [2.75, 3.05) is 12.4 Å². The Kier molecular flexibility index (Phi) is 6.10. The van der Waals surface area contributed by atoms with E-state index in [2.05, 4.69) is 10.3 Å². The van der Waals surface area contributed by atoms with Crippen LogP contribution in [0, 0.1) is 6.92 Å². The highest BCUT2D eigenvalue weighted by molar-refractivity contribution is 6.05. The van der Waals surface area contributed by atoms with Gasteiger partial charge < -0.3 is 19.9 Å². The van der Waals surface area contributed by atoms with Gasteiger partial charge in [0.05, 0.1) is 29.7 Å². The SMILES string of the molecule is COc1ccc2c(Oc3ccc(NC(=O)c4c(C)n(C)n(-c5ccccc5)c4=O)c(O)c3)ccnc2c1. The number of nitrogens with one attached hydrogen (secondary N) is 1. The lowest BCUT2D eigenvalue weighted by atomic mass is 10.2. The van der Waals surface area contributed by atoms with E-state index in [0.29, 0.717) is 34.1 Å². The average molecular weight is 497 g/mol. The summed E-state index contributed by atoms with van der Waals surface area (Å²) in [7, 11) is 3.30. The number of carbonyl (C=O) groups excluding carboxylic acids is 1. The van der Waals surface area contributed by atoms with Gasteiger partial charge in [0.25, 0.3) is 11.5 Å². The van der Waals surface area contributed by atoms with Crippen molar-refractivity contribution in [2.24, 2.45) is 7.05 Å². The standard InChI is InChI=1S/C28H24N4O5/c1-17-26(28(35)32(31(17)2)18-7-5-4-6-8-18)27(34)30-22-12-10-20(16-24(22)33)37-25-13-14-29-23-15-19(36-3)9-11-21(23)25/h4-16,33H,1-3H3,(H,30,34). The molecule has 37 heavy (non-hydrogen) atoms. The molecule has 0 aliphatic heterocycles. The molecule has 0 aliphatic rings. The van der Waals surface area contributed by atoms with Crippen LogP contribution in [0.4, 0.5) is 5.69 Å². The number of amides is 1. The Bertz CT molecular complexity index is 1690. The third-order valence-electron chi connectivity index (χ3n) is 6.14. The zero-order valence-corrected chi connectivity index (χ0v) is 20.4. The molecule has 5 aromatic rings. The topological polar surface area (TPSA) is 108 Å². The number of nitrogens with zero attached hydrogens (tertiary/aromatic N) is 3. The summed E-state index contributed by atoms with van der Waals surface area (Å²) in [5.74, 6) is 0.763. The molecule has 0 saturated carbocycles. The number of aromatic nitrogens is 3. The second-order valence-electron chi connectivity index (χ2n) is 8.36. The number of phenolic OH excluding ortho intramolecular Hbond substituents is 1. The van der Waals surface area contributed by atoms with Gasteiger partial charge in [0, 0.05) is 30.8 Å². The largest absolute Gasteiger partial charge is 0.506 e. The number of methoxy groups -OCH3 is 1. The predicted octanol–water partition coefficient (Wildman–Crippen LogP) is 4.79. The number of hydrogen-bond acceptors (Lipinski definition) is 6. The van der Waals surface area contributed by atoms with E-state index >= 15 is 0 Å². The molecule has 5 rings (SSSR count). The Morgan fingerprint density at radius 2 is 1.76 bits per heavy atom. The molecule has 1 amide bonds. The fraction of sp³-hybridized carbons (Fsp3) is 0.107. The summed E-state index contributed by atoms with van der Waals surface area (Å²) in [4.78, 5) is 30.5. The number of ether oxygens (including phenoxy) is 2. The fourth-order valence-electron chi connectivity index (χ4n) is 4.14. The normalized spacial score (nSPS) is 10.9. The number of rotatable bonds is 6. The van der Waals surface area contributed by atoms with E-state index in [9.17, 15) is 14.7 Å². The molecule has 0 unspecified atom stereocenters. The minimum Gasteiger partial charge on any atom is -0.506 e. The lowest BCUT2D eigenvalue weighted by molar-refractivity contribution is 0.102. The molecule has 186 valence electrons. The number of anilines is 1. The lowest BCUT2D eigenvalue weighted by Crippen LogP contribution is -2.25. The molecule has 2 aromatic heterocycles. The summed E-state index contributed by atoms with van der Waals surface area (Å²) in [6.07, 6.45) is 1.62. The van der Waals surface area contributed by atoms with E-state index in [1.54, 1.807) is 62.3 Å². The van der Waals surface area contributed by atoms with Gasteiger partial charge in [0.1, 0.15) is 28.6 Å². The maximum atomic E-state index is 13.1. The number of para-hydroxylation sites is 1. The first-order valence-electron chi connectivity index (χ1n) is 11.5. The van der Waals surface area contributed by atoms with Crippen molar-refractivity contribution in [1.29, 1.82) is 0 Å². The van der Waals surface area contributed by atoms with Crippen LogP contribution >= 0.6 is 0 Å². The molecule has 2 heterocycles.